The molecule has 0 aliphatic heterocycles. The van der Waals surface area contributed by atoms with Gasteiger partial charge in [0.1, 0.15) is 12.2 Å². The zero-order valence-corrected chi connectivity index (χ0v) is 26.4. The van der Waals surface area contributed by atoms with Gasteiger partial charge in [0.2, 0.25) is 0 Å². The number of esters is 1. The second kappa shape index (κ2) is 10.7. The molecule has 0 aromatic heterocycles. The first-order valence-electron chi connectivity index (χ1n) is 15.0. The number of carbonyl (C=O) groups is 1. The summed E-state index contributed by atoms with van der Waals surface area (Å²) in [5.74, 6) is 0.617. The molecule has 0 aromatic carbocycles. The first kappa shape index (κ1) is 31.5. The molecular weight excluding hydrogens is 528 g/mol. The maximum Gasteiger partial charge on any atom is 0.397 e. The molecule has 0 spiro atoms. The summed E-state index contributed by atoms with van der Waals surface area (Å²) >= 11 is 0. The monoisotopic (exact) mass is 578 g/mol. The predicted octanol–water partition coefficient (Wildman–Crippen LogP) is 6.59. The van der Waals surface area contributed by atoms with Crippen molar-refractivity contribution < 1.29 is 31.8 Å². The van der Waals surface area contributed by atoms with E-state index in [2.05, 4.69) is 47.3 Å². The van der Waals surface area contributed by atoms with Crippen molar-refractivity contribution in [3.8, 4) is 0 Å². The zero-order chi connectivity index (χ0) is 30.0. The van der Waals surface area contributed by atoms with Crippen molar-refractivity contribution in [3.63, 3.8) is 0 Å². The largest absolute Gasteiger partial charge is 0.458 e. The molecule has 0 heterocycles. The van der Waals surface area contributed by atoms with Gasteiger partial charge in [-0.2, -0.15) is 8.42 Å². The minimum absolute atomic E-state index is 0.00926. The number of ether oxygens (including phenoxy) is 1. The van der Waals surface area contributed by atoms with Gasteiger partial charge in [-0.05, 0) is 96.2 Å². The van der Waals surface area contributed by atoms with Crippen LogP contribution in [-0.4, -0.2) is 42.4 Å². The van der Waals surface area contributed by atoms with Crippen LogP contribution in [0.3, 0.4) is 0 Å². The molecule has 1 unspecified atom stereocenters. The normalized spacial score (nSPS) is 37.8. The van der Waals surface area contributed by atoms with E-state index < -0.39 is 50.9 Å². The zero-order valence-electron chi connectivity index (χ0n) is 25.6. The molecule has 2 N–H and O–H groups in total. The van der Waals surface area contributed by atoms with Crippen molar-refractivity contribution in [2.45, 2.75) is 119 Å². The third-order valence-electron chi connectivity index (χ3n) is 11.4. The van der Waals surface area contributed by atoms with E-state index in [0.29, 0.717) is 24.7 Å². The van der Waals surface area contributed by atoms with E-state index in [9.17, 15) is 22.9 Å². The number of aliphatic hydroxyl groups excluding tert-OH is 1. The lowest BCUT2D eigenvalue weighted by Crippen LogP contribution is -2.60. The number of carbonyl (C=O) groups excluding carboxylic acids is 1. The maximum absolute atomic E-state index is 12.5. The summed E-state index contributed by atoms with van der Waals surface area (Å²) in [5.41, 5.74) is 3.09. The molecule has 226 valence electrons. The molecule has 0 aromatic rings. The van der Waals surface area contributed by atoms with Crippen LogP contribution in [0.25, 0.3) is 0 Å². The van der Waals surface area contributed by atoms with Crippen LogP contribution in [0.4, 0.5) is 0 Å². The van der Waals surface area contributed by atoms with E-state index in [4.69, 9.17) is 8.92 Å². The van der Waals surface area contributed by atoms with E-state index in [1.165, 1.54) is 23.6 Å². The summed E-state index contributed by atoms with van der Waals surface area (Å²) in [5, 5.41) is 12.2. The van der Waals surface area contributed by atoms with Crippen LogP contribution in [0.2, 0.25) is 0 Å². The van der Waals surface area contributed by atoms with Gasteiger partial charge in [-0.3, -0.25) is 9.35 Å². The molecule has 4 rings (SSSR count). The second-order valence-corrected chi connectivity index (χ2v) is 15.4. The number of allylic oxidation sites excluding steroid dienone is 3. The lowest BCUT2D eigenvalue weighted by Gasteiger charge is -2.61. The van der Waals surface area contributed by atoms with E-state index in [1.807, 2.05) is 13.8 Å². The SMILES string of the molecule is C=C(CCC(C)[C@H]1CC=C2C3=C([C@@H](O)[C@H](OC(C)=O)[C@@]21C)[C@@]1(C)CC[C@H](OS(=O)(=O)O)C(C)(C)[C@@H]1CC3)C(C)C. The summed E-state index contributed by atoms with van der Waals surface area (Å²) < 4.78 is 44.0. The second-order valence-electron chi connectivity index (χ2n) is 14.3. The van der Waals surface area contributed by atoms with Crippen LogP contribution >= 0.6 is 0 Å². The minimum Gasteiger partial charge on any atom is -0.458 e. The molecule has 0 bridgehead atoms. The first-order valence-corrected chi connectivity index (χ1v) is 16.3. The van der Waals surface area contributed by atoms with Crippen molar-refractivity contribution in [1.29, 1.82) is 0 Å². The molecule has 1 fully saturated rings. The molecule has 1 saturated carbocycles. The third-order valence-corrected chi connectivity index (χ3v) is 11.9. The Labute approximate surface area is 241 Å². The molecular formula is C32H50O7S. The molecule has 40 heavy (non-hydrogen) atoms. The summed E-state index contributed by atoms with van der Waals surface area (Å²) in [6, 6.07) is 0. The third kappa shape index (κ3) is 5.16. The van der Waals surface area contributed by atoms with Gasteiger partial charge in [0.25, 0.3) is 0 Å². The first-order chi connectivity index (χ1) is 18.4. The van der Waals surface area contributed by atoms with E-state index in [-0.39, 0.29) is 11.8 Å². The predicted molar refractivity (Wildman–Crippen MR) is 156 cm³/mol. The van der Waals surface area contributed by atoms with Gasteiger partial charge in [0.05, 0.1) is 6.10 Å². The fraction of sp³-hybridized carbons (Fsp3) is 0.781. The fourth-order valence-corrected chi connectivity index (χ4v) is 9.85. The molecule has 0 saturated heterocycles. The molecule has 4 aliphatic carbocycles. The van der Waals surface area contributed by atoms with Gasteiger partial charge in [-0.25, -0.2) is 4.18 Å². The van der Waals surface area contributed by atoms with Gasteiger partial charge in [0.15, 0.2) is 0 Å². The average Bonchev–Trinajstić information content (AvgIpc) is 3.18. The van der Waals surface area contributed by atoms with Crippen LogP contribution in [0.5, 0.6) is 0 Å². The number of fused-ring (bicyclic) bond motifs is 4. The van der Waals surface area contributed by atoms with Gasteiger partial charge in [0, 0.05) is 12.3 Å². The Morgan fingerprint density at radius 3 is 2.40 bits per heavy atom. The minimum atomic E-state index is -4.59. The average molecular weight is 579 g/mol. The Bertz CT molecular complexity index is 1210. The molecule has 8 heteroatoms. The highest BCUT2D eigenvalue weighted by Gasteiger charge is 2.64. The maximum atomic E-state index is 12.5. The summed E-state index contributed by atoms with van der Waals surface area (Å²) in [7, 11) is -4.59. The highest BCUT2D eigenvalue weighted by atomic mass is 32.3. The van der Waals surface area contributed by atoms with E-state index in [0.717, 1.165) is 37.7 Å². The van der Waals surface area contributed by atoms with Crippen LogP contribution in [0, 0.1) is 39.9 Å². The standard InChI is InChI=1S/C32H50O7S/c1-18(2)19(3)10-11-20(4)23-13-14-24-22-12-15-25-30(6,7)26(39-40(35,36)37)16-17-31(25,8)27(22)28(34)29(32(23,24)9)38-21(5)33/h14,18,20,23,25-26,28-29,34H,3,10-13,15-17H2,1-2,4-9H3,(H,35,36,37)/t20?,23-,25+,26+,28-,29+,31+,32-/m1/s1. The van der Waals surface area contributed by atoms with Gasteiger partial charge in [-0.15, -0.1) is 0 Å². The Kier molecular flexibility index (Phi) is 8.38. The van der Waals surface area contributed by atoms with Crippen molar-refractivity contribution in [3.05, 3.63) is 34.9 Å². The van der Waals surface area contributed by atoms with Crippen molar-refractivity contribution in [1.82, 2.24) is 0 Å². The molecule has 8 atom stereocenters. The van der Waals surface area contributed by atoms with Gasteiger partial charge < -0.3 is 9.84 Å². The Balaban J connectivity index is 1.75. The topological polar surface area (TPSA) is 110 Å². The number of hydrogen-bond donors (Lipinski definition) is 2. The quantitative estimate of drug-likeness (QED) is 0.190. The highest BCUT2D eigenvalue weighted by Crippen LogP contribution is 2.67. The molecule has 7 nitrogen and oxygen atoms in total. The van der Waals surface area contributed by atoms with Gasteiger partial charge in [-0.1, -0.05) is 66.7 Å². The Morgan fingerprint density at radius 2 is 1.82 bits per heavy atom. The number of aliphatic hydroxyl groups is 1. The number of rotatable bonds is 8. The molecule has 4 aliphatic rings. The van der Waals surface area contributed by atoms with Crippen LogP contribution in [-0.2, 0) is 24.1 Å². The van der Waals surface area contributed by atoms with E-state index >= 15 is 0 Å². The van der Waals surface area contributed by atoms with E-state index in [1.54, 1.807) is 0 Å². The summed E-state index contributed by atoms with van der Waals surface area (Å²) in [6.45, 7) is 20.6. The summed E-state index contributed by atoms with van der Waals surface area (Å²) in [6.07, 6.45) is 5.45. The van der Waals surface area contributed by atoms with Crippen molar-refractivity contribution in [2.24, 2.45) is 39.9 Å². The smallest absolute Gasteiger partial charge is 0.397 e. The van der Waals surface area contributed by atoms with Crippen LogP contribution in [0.1, 0.15) is 100 Å². The molecule has 0 radical (unpaired) electrons. The Hall–Kier alpha value is -1.48. The van der Waals surface area contributed by atoms with Crippen molar-refractivity contribution >= 4 is 16.4 Å². The fourth-order valence-electron chi connectivity index (χ4n) is 9.21. The summed E-state index contributed by atoms with van der Waals surface area (Å²) in [4.78, 5) is 12.5. The lowest BCUT2D eigenvalue weighted by molar-refractivity contribution is -0.167. The molecule has 0 amide bonds. The highest BCUT2D eigenvalue weighted by molar-refractivity contribution is 7.80. The lowest BCUT2D eigenvalue weighted by atomic mass is 9.45. The van der Waals surface area contributed by atoms with Crippen LogP contribution < -0.4 is 0 Å². The van der Waals surface area contributed by atoms with Gasteiger partial charge >= 0.3 is 16.4 Å². The Morgan fingerprint density at radius 1 is 1.18 bits per heavy atom. The van der Waals surface area contributed by atoms with Crippen molar-refractivity contribution in [2.75, 3.05) is 0 Å². The van der Waals surface area contributed by atoms with Crippen LogP contribution in [0.15, 0.2) is 34.9 Å². The number of hydrogen-bond acceptors (Lipinski definition) is 6.